The molecule has 28 heavy (non-hydrogen) atoms. The standard InChI is InChI=1S/C24H47NO3/c1-4-5-6-7-8-9-10-11-12-13-14-15-16-17-18-19-23(26)25-22(24(27)28)20-21(2)3/h21-22H,4-20H2,1-3H3,(H,25,26)(H,27,28)/t22-/m1/s1. The molecule has 0 aromatic carbocycles. The molecule has 0 aliphatic carbocycles. The van der Waals surface area contributed by atoms with Crippen molar-refractivity contribution in [3.8, 4) is 0 Å². The highest BCUT2D eigenvalue weighted by atomic mass is 16.4. The first-order chi connectivity index (χ1) is 13.5. The van der Waals surface area contributed by atoms with Crippen molar-refractivity contribution in [3.05, 3.63) is 0 Å². The molecule has 0 saturated heterocycles. The van der Waals surface area contributed by atoms with Crippen molar-refractivity contribution in [2.45, 2.75) is 136 Å². The highest BCUT2D eigenvalue weighted by Gasteiger charge is 2.20. The Labute approximate surface area is 174 Å². The first-order valence-electron chi connectivity index (χ1n) is 12.0. The highest BCUT2D eigenvalue weighted by Crippen LogP contribution is 2.14. The van der Waals surface area contributed by atoms with Gasteiger partial charge in [-0.05, 0) is 18.8 Å². The van der Waals surface area contributed by atoms with Crippen LogP contribution < -0.4 is 5.32 Å². The number of aliphatic carboxylic acids is 1. The second-order valence-electron chi connectivity index (χ2n) is 8.79. The zero-order valence-corrected chi connectivity index (χ0v) is 18.9. The van der Waals surface area contributed by atoms with Crippen molar-refractivity contribution in [2.24, 2.45) is 5.92 Å². The van der Waals surface area contributed by atoms with Crippen molar-refractivity contribution in [1.29, 1.82) is 0 Å². The SMILES string of the molecule is CCCCCCCCCCCCCCCCCC(=O)N[C@H](CC(C)C)C(=O)O. The molecule has 0 unspecified atom stereocenters. The summed E-state index contributed by atoms with van der Waals surface area (Å²) >= 11 is 0. The maximum Gasteiger partial charge on any atom is 0.326 e. The molecule has 0 saturated carbocycles. The summed E-state index contributed by atoms with van der Waals surface area (Å²) in [5.74, 6) is -0.798. The number of hydrogen-bond acceptors (Lipinski definition) is 2. The summed E-state index contributed by atoms with van der Waals surface area (Å²) in [6, 6.07) is -0.746. The van der Waals surface area contributed by atoms with Crippen LogP contribution >= 0.6 is 0 Å². The molecule has 0 rings (SSSR count). The molecule has 0 bridgehead atoms. The first-order valence-corrected chi connectivity index (χ1v) is 12.0. The molecule has 0 fully saturated rings. The lowest BCUT2D eigenvalue weighted by molar-refractivity contribution is -0.142. The van der Waals surface area contributed by atoms with Crippen LogP contribution in [0.25, 0.3) is 0 Å². The molecule has 0 aromatic heterocycles. The summed E-state index contributed by atoms with van der Waals surface area (Å²) in [5, 5.41) is 11.8. The van der Waals surface area contributed by atoms with Gasteiger partial charge in [0.15, 0.2) is 0 Å². The molecule has 0 aliphatic rings. The minimum Gasteiger partial charge on any atom is -0.480 e. The normalized spacial score (nSPS) is 12.3. The predicted octanol–water partition coefficient (Wildman–Crippen LogP) is 6.86. The first kappa shape index (κ1) is 26.9. The van der Waals surface area contributed by atoms with Gasteiger partial charge < -0.3 is 10.4 Å². The lowest BCUT2D eigenvalue weighted by Gasteiger charge is -2.16. The van der Waals surface area contributed by atoms with Crippen molar-refractivity contribution >= 4 is 11.9 Å². The van der Waals surface area contributed by atoms with Crippen molar-refractivity contribution < 1.29 is 14.7 Å². The maximum absolute atomic E-state index is 11.9. The van der Waals surface area contributed by atoms with E-state index in [1.807, 2.05) is 13.8 Å². The van der Waals surface area contributed by atoms with E-state index >= 15 is 0 Å². The van der Waals surface area contributed by atoms with Crippen molar-refractivity contribution in [3.63, 3.8) is 0 Å². The number of carboxylic acid groups (broad SMARTS) is 1. The average Bonchev–Trinajstić information content (AvgIpc) is 2.64. The van der Waals surface area contributed by atoms with Gasteiger partial charge in [-0.3, -0.25) is 4.79 Å². The minimum atomic E-state index is -0.932. The van der Waals surface area contributed by atoms with Gasteiger partial charge in [-0.25, -0.2) is 4.79 Å². The summed E-state index contributed by atoms with van der Waals surface area (Å²) in [6.07, 6.45) is 20.5. The Bertz CT molecular complexity index is 382. The third-order valence-corrected chi connectivity index (χ3v) is 5.35. The maximum atomic E-state index is 11.9. The summed E-state index contributed by atoms with van der Waals surface area (Å²) in [4.78, 5) is 23.1. The third kappa shape index (κ3) is 18.3. The van der Waals surface area contributed by atoms with E-state index in [1.54, 1.807) is 0 Å². The number of unbranched alkanes of at least 4 members (excludes halogenated alkanes) is 14. The van der Waals surface area contributed by atoms with Gasteiger partial charge in [0.2, 0.25) is 5.91 Å². The smallest absolute Gasteiger partial charge is 0.326 e. The summed E-state index contributed by atoms with van der Waals surface area (Å²) in [6.45, 7) is 6.20. The monoisotopic (exact) mass is 397 g/mol. The Morgan fingerprint density at radius 2 is 1.11 bits per heavy atom. The van der Waals surface area contributed by atoms with E-state index in [0.717, 1.165) is 12.8 Å². The Balaban J connectivity index is 3.40. The largest absolute Gasteiger partial charge is 0.480 e. The molecule has 1 atom stereocenters. The topological polar surface area (TPSA) is 66.4 Å². The van der Waals surface area contributed by atoms with Gasteiger partial charge in [-0.1, -0.05) is 111 Å². The molecule has 4 heteroatoms. The number of rotatable bonds is 20. The van der Waals surface area contributed by atoms with Crippen LogP contribution in [-0.4, -0.2) is 23.0 Å². The van der Waals surface area contributed by atoms with Gasteiger partial charge >= 0.3 is 5.97 Å². The van der Waals surface area contributed by atoms with Gasteiger partial charge in [0, 0.05) is 6.42 Å². The van der Waals surface area contributed by atoms with Crippen LogP contribution in [0.1, 0.15) is 130 Å². The van der Waals surface area contributed by atoms with Crippen LogP contribution in [0.15, 0.2) is 0 Å². The van der Waals surface area contributed by atoms with Crippen LogP contribution in [-0.2, 0) is 9.59 Å². The fourth-order valence-electron chi connectivity index (χ4n) is 3.62. The number of carbonyl (C=O) groups excluding carboxylic acids is 1. The molecule has 0 radical (unpaired) electrons. The van der Waals surface area contributed by atoms with Gasteiger partial charge in [-0.2, -0.15) is 0 Å². The van der Waals surface area contributed by atoms with Crippen molar-refractivity contribution in [1.82, 2.24) is 5.32 Å². The summed E-state index contributed by atoms with van der Waals surface area (Å²) in [5.41, 5.74) is 0. The molecule has 166 valence electrons. The minimum absolute atomic E-state index is 0.122. The Hall–Kier alpha value is -1.06. The molecule has 4 nitrogen and oxygen atoms in total. The average molecular weight is 398 g/mol. The number of amides is 1. The van der Waals surface area contributed by atoms with Gasteiger partial charge in [0.05, 0.1) is 0 Å². The number of carbonyl (C=O) groups is 2. The molecule has 0 spiro atoms. The second-order valence-corrected chi connectivity index (χ2v) is 8.79. The molecule has 0 aromatic rings. The van der Waals surface area contributed by atoms with Gasteiger partial charge in [0.25, 0.3) is 0 Å². The fourth-order valence-corrected chi connectivity index (χ4v) is 3.62. The summed E-state index contributed by atoms with van der Waals surface area (Å²) in [7, 11) is 0. The molecule has 0 heterocycles. The molecule has 2 N–H and O–H groups in total. The highest BCUT2D eigenvalue weighted by molar-refractivity contribution is 5.83. The molecular weight excluding hydrogens is 350 g/mol. The quantitative estimate of drug-likeness (QED) is 0.220. The molecule has 0 aliphatic heterocycles. The molecule has 1 amide bonds. The fraction of sp³-hybridized carbons (Fsp3) is 0.917. The van der Waals surface area contributed by atoms with Gasteiger partial charge in [-0.15, -0.1) is 0 Å². The second kappa shape index (κ2) is 19.3. The Morgan fingerprint density at radius 1 is 0.714 bits per heavy atom. The summed E-state index contributed by atoms with van der Waals surface area (Å²) < 4.78 is 0. The lowest BCUT2D eigenvalue weighted by atomic mass is 10.0. The van der Waals surface area contributed by atoms with Crippen LogP contribution in [0.2, 0.25) is 0 Å². The van der Waals surface area contributed by atoms with Crippen LogP contribution in [0.3, 0.4) is 0 Å². The van der Waals surface area contributed by atoms with Crippen LogP contribution in [0, 0.1) is 5.92 Å². The number of carboxylic acids is 1. The van der Waals surface area contributed by atoms with E-state index in [0.29, 0.717) is 12.8 Å². The number of hydrogen-bond donors (Lipinski definition) is 2. The van der Waals surface area contributed by atoms with E-state index in [1.165, 1.54) is 83.5 Å². The van der Waals surface area contributed by atoms with Gasteiger partial charge in [0.1, 0.15) is 6.04 Å². The van der Waals surface area contributed by atoms with E-state index in [-0.39, 0.29) is 11.8 Å². The Morgan fingerprint density at radius 3 is 1.46 bits per heavy atom. The zero-order valence-electron chi connectivity index (χ0n) is 18.9. The van der Waals surface area contributed by atoms with Crippen LogP contribution in [0.5, 0.6) is 0 Å². The predicted molar refractivity (Wildman–Crippen MR) is 119 cm³/mol. The van der Waals surface area contributed by atoms with E-state index in [2.05, 4.69) is 12.2 Å². The zero-order chi connectivity index (χ0) is 21.0. The van der Waals surface area contributed by atoms with E-state index in [4.69, 9.17) is 5.11 Å². The van der Waals surface area contributed by atoms with Crippen LogP contribution in [0.4, 0.5) is 0 Å². The third-order valence-electron chi connectivity index (χ3n) is 5.35. The Kier molecular flexibility index (Phi) is 18.5. The number of nitrogens with one attached hydrogen (secondary N) is 1. The van der Waals surface area contributed by atoms with Crippen molar-refractivity contribution in [2.75, 3.05) is 0 Å². The van der Waals surface area contributed by atoms with E-state index in [9.17, 15) is 9.59 Å². The molecular formula is C24H47NO3. The lowest BCUT2D eigenvalue weighted by Crippen LogP contribution is -2.41. The van der Waals surface area contributed by atoms with E-state index < -0.39 is 12.0 Å².